The predicted octanol–water partition coefficient (Wildman–Crippen LogP) is 2.05. The third-order valence-electron chi connectivity index (χ3n) is 3.78. The molecule has 0 unspecified atom stereocenters. The molecule has 2 aromatic rings. The maximum Gasteiger partial charge on any atom is 0.253 e. The molecule has 0 heterocycles. The van der Waals surface area contributed by atoms with Gasteiger partial charge in [-0.25, -0.2) is 13.1 Å². The minimum atomic E-state index is -3.58. The highest BCUT2D eigenvalue weighted by Crippen LogP contribution is 2.16. The Balaban J connectivity index is 2.00. The van der Waals surface area contributed by atoms with Crippen LogP contribution < -0.4 is 9.46 Å². The first-order chi connectivity index (χ1) is 11.8. The predicted molar refractivity (Wildman–Crippen MR) is 96.3 cm³/mol. The van der Waals surface area contributed by atoms with Crippen LogP contribution in [-0.2, 0) is 10.0 Å². The van der Waals surface area contributed by atoms with Gasteiger partial charge in [-0.1, -0.05) is 24.3 Å². The van der Waals surface area contributed by atoms with E-state index in [0.29, 0.717) is 18.7 Å². The highest BCUT2D eigenvalue weighted by Gasteiger charge is 2.16. The topological polar surface area (TPSA) is 75.7 Å². The number of para-hydroxylation sites is 1. The molecule has 0 radical (unpaired) electrons. The summed E-state index contributed by atoms with van der Waals surface area (Å²) in [6, 6.07) is 13.6. The highest BCUT2D eigenvalue weighted by molar-refractivity contribution is 7.89. The largest absolute Gasteiger partial charge is 0.491 e. The molecule has 0 bridgehead atoms. The summed E-state index contributed by atoms with van der Waals surface area (Å²) in [7, 11) is -0.595. The van der Waals surface area contributed by atoms with Gasteiger partial charge in [0.1, 0.15) is 12.4 Å². The minimum absolute atomic E-state index is 0.0606. The number of sulfonamides is 1. The first-order valence-electron chi connectivity index (χ1n) is 7.82. The van der Waals surface area contributed by atoms with E-state index in [4.69, 9.17) is 4.74 Å². The molecule has 6 nitrogen and oxygen atoms in total. The lowest BCUT2D eigenvalue weighted by Gasteiger charge is -2.18. The SMILES string of the molecule is CNS(=O)(=O)c1cccc(C(=O)N(C)CCOc2ccccc2C)c1. The first kappa shape index (κ1) is 19.0. The second-order valence-electron chi connectivity index (χ2n) is 5.58. The second kappa shape index (κ2) is 8.13. The number of nitrogens with zero attached hydrogens (tertiary/aromatic N) is 1. The number of amides is 1. The summed E-state index contributed by atoms with van der Waals surface area (Å²) in [5.74, 6) is 0.520. The molecule has 7 heteroatoms. The van der Waals surface area contributed by atoms with Crippen LogP contribution in [0.5, 0.6) is 5.75 Å². The van der Waals surface area contributed by atoms with Crippen LogP contribution >= 0.6 is 0 Å². The number of benzene rings is 2. The number of nitrogens with one attached hydrogen (secondary N) is 1. The third kappa shape index (κ3) is 4.80. The molecule has 2 aromatic carbocycles. The summed E-state index contributed by atoms with van der Waals surface area (Å²) in [4.78, 5) is 14.0. The Hall–Kier alpha value is -2.38. The summed E-state index contributed by atoms with van der Waals surface area (Å²) < 4.78 is 31.6. The number of aryl methyl sites for hydroxylation is 1. The normalized spacial score (nSPS) is 11.2. The van der Waals surface area contributed by atoms with Gasteiger partial charge in [0.05, 0.1) is 11.4 Å². The van der Waals surface area contributed by atoms with Gasteiger partial charge in [-0.15, -0.1) is 0 Å². The van der Waals surface area contributed by atoms with Crippen LogP contribution in [0.3, 0.4) is 0 Å². The van der Waals surface area contributed by atoms with Gasteiger partial charge in [0.15, 0.2) is 0 Å². The van der Waals surface area contributed by atoms with Crippen LogP contribution in [0.25, 0.3) is 0 Å². The molecule has 134 valence electrons. The molecule has 0 aliphatic heterocycles. The van der Waals surface area contributed by atoms with Crippen LogP contribution in [0.2, 0.25) is 0 Å². The molecule has 1 amide bonds. The first-order valence-corrected chi connectivity index (χ1v) is 9.31. The molecule has 0 saturated heterocycles. The standard InChI is InChI=1S/C18H22N2O4S/c1-14-7-4-5-10-17(14)24-12-11-20(3)18(21)15-8-6-9-16(13-15)25(22,23)19-2/h4-10,13,19H,11-12H2,1-3H3. The Morgan fingerprint density at radius 1 is 1.16 bits per heavy atom. The van der Waals surface area contributed by atoms with E-state index in [1.165, 1.54) is 24.1 Å². The Morgan fingerprint density at radius 3 is 2.56 bits per heavy atom. The molecule has 1 N–H and O–H groups in total. The van der Waals surface area contributed by atoms with E-state index in [-0.39, 0.29) is 10.8 Å². The van der Waals surface area contributed by atoms with E-state index in [9.17, 15) is 13.2 Å². The summed E-state index contributed by atoms with van der Waals surface area (Å²) in [5, 5.41) is 0. The minimum Gasteiger partial charge on any atom is -0.491 e. The van der Waals surface area contributed by atoms with Gasteiger partial charge in [-0.3, -0.25) is 4.79 Å². The van der Waals surface area contributed by atoms with Crippen molar-refractivity contribution in [3.05, 3.63) is 59.7 Å². The van der Waals surface area contributed by atoms with Crippen LogP contribution in [0.15, 0.2) is 53.4 Å². The van der Waals surface area contributed by atoms with Gasteiger partial charge in [0.2, 0.25) is 10.0 Å². The quantitative estimate of drug-likeness (QED) is 0.818. The van der Waals surface area contributed by atoms with Crippen molar-refractivity contribution in [3.8, 4) is 5.75 Å². The fourth-order valence-electron chi connectivity index (χ4n) is 2.25. The number of hydrogen-bond acceptors (Lipinski definition) is 4. The Morgan fingerprint density at radius 2 is 1.88 bits per heavy atom. The zero-order chi connectivity index (χ0) is 18.4. The summed E-state index contributed by atoms with van der Waals surface area (Å²) in [5.41, 5.74) is 1.34. The zero-order valence-corrected chi connectivity index (χ0v) is 15.3. The fourth-order valence-corrected chi connectivity index (χ4v) is 3.02. The number of ether oxygens (including phenoxy) is 1. The van der Waals surface area contributed by atoms with Crippen molar-refractivity contribution >= 4 is 15.9 Å². The van der Waals surface area contributed by atoms with Gasteiger partial charge in [0, 0.05) is 12.6 Å². The number of carbonyl (C=O) groups excluding carboxylic acids is 1. The monoisotopic (exact) mass is 362 g/mol. The molecule has 0 aliphatic rings. The van der Waals surface area contributed by atoms with Crippen LogP contribution in [-0.4, -0.2) is 46.5 Å². The van der Waals surface area contributed by atoms with Crippen molar-refractivity contribution in [1.29, 1.82) is 0 Å². The number of likely N-dealkylation sites (N-methyl/N-ethyl adjacent to an activating group) is 1. The smallest absolute Gasteiger partial charge is 0.253 e. The molecule has 0 atom stereocenters. The van der Waals surface area contributed by atoms with Crippen LogP contribution in [0.4, 0.5) is 0 Å². The van der Waals surface area contributed by atoms with Crippen molar-refractivity contribution in [3.63, 3.8) is 0 Å². The van der Waals surface area contributed by atoms with Crippen molar-refractivity contribution in [2.75, 3.05) is 27.2 Å². The summed E-state index contributed by atoms with van der Waals surface area (Å²) in [6.07, 6.45) is 0. The molecule has 0 aliphatic carbocycles. The zero-order valence-electron chi connectivity index (χ0n) is 14.5. The number of carbonyl (C=O) groups is 1. The fraction of sp³-hybridized carbons (Fsp3) is 0.278. The molecule has 25 heavy (non-hydrogen) atoms. The van der Waals surface area contributed by atoms with Gasteiger partial charge in [-0.2, -0.15) is 0 Å². The van der Waals surface area contributed by atoms with E-state index in [1.54, 1.807) is 19.2 Å². The summed E-state index contributed by atoms with van der Waals surface area (Å²) >= 11 is 0. The average Bonchev–Trinajstić information content (AvgIpc) is 2.62. The van der Waals surface area contributed by atoms with Crippen LogP contribution in [0, 0.1) is 6.92 Å². The molecule has 0 aromatic heterocycles. The molecular formula is C18H22N2O4S. The van der Waals surface area contributed by atoms with E-state index >= 15 is 0 Å². The van der Waals surface area contributed by atoms with Crippen LogP contribution in [0.1, 0.15) is 15.9 Å². The summed E-state index contributed by atoms with van der Waals surface area (Å²) in [6.45, 7) is 2.69. The van der Waals surface area contributed by atoms with Gasteiger partial charge >= 0.3 is 0 Å². The van der Waals surface area contributed by atoms with E-state index in [2.05, 4.69) is 4.72 Å². The van der Waals surface area contributed by atoms with Crippen molar-refractivity contribution in [2.45, 2.75) is 11.8 Å². The Labute approximate surface area is 148 Å². The molecule has 0 saturated carbocycles. The Kier molecular flexibility index (Phi) is 6.17. The van der Waals surface area contributed by atoms with Crippen molar-refractivity contribution in [2.24, 2.45) is 0 Å². The van der Waals surface area contributed by atoms with E-state index in [0.717, 1.165) is 11.3 Å². The average molecular weight is 362 g/mol. The van der Waals surface area contributed by atoms with Gasteiger partial charge in [0.25, 0.3) is 5.91 Å². The molecule has 0 spiro atoms. The maximum absolute atomic E-state index is 12.5. The highest BCUT2D eigenvalue weighted by atomic mass is 32.2. The van der Waals surface area contributed by atoms with Crippen molar-refractivity contribution in [1.82, 2.24) is 9.62 Å². The van der Waals surface area contributed by atoms with Gasteiger partial charge in [-0.05, 0) is 43.8 Å². The van der Waals surface area contributed by atoms with E-state index in [1.807, 2.05) is 31.2 Å². The lowest BCUT2D eigenvalue weighted by molar-refractivity contribution is 0.0773. The van der Waals surface area contributed by atoms with E-state index < -0.39 is 10.0 Å². The third-order valence-corrected chi connectivity index (χ3v) is 5.20. The molecule has 2 rings (SSSR count). The van der Waals surface area contributed by atoms with Gasteiger partial charge < -0.3 is 9.64 Å². The number of rotatable bonds is 7. The lowest BCUT2D eigenvalue weighted by atomic mass is 10.2. The maximum atomic E-state index is 12.5. The molecule has 0 fully saturated rings. The second-order valence-corrected chi connectivity index (χ2v) is 7.46. The lowest BCUT2D eigenvalue weighted by Crippen LogP contribution is -2.31. The Bertz CT molecular complexity index is 850. The van der Waals surface area contributed by atoms with Crippen molar-refractivity contribution < 1.29 is 17.9 Å². The number of hydrogen-bond donors (Lipinski definition) is 1. The molecular weight excluding hydrogens is 340 g/mol.